The Bertz CT molecular complexity index is 645. The summed E-state index contributed by atoms with van der Waals surface area (Å²) in [4.78, 5) is 25.7. The molecule has 1 aromatic carbocycles. The molecule has 1 heterocycles. The van der Waals surface area contributed by atoms with Crippen LogP contribution < -0.4 is 0 Å². The maximum Gasteiger partial charge on any atom is 0.336 e. The predicted octanol–water partition coefficient (Wildman–Crippen LogP) is 2.84. The normalized spacial score (nSPS) is 10.1. The van der Waals surface area contributed by atoms with Crippen molar-refractivity contribution in [1.29, 1.82) is 0 Å². The third kappa shape index (κ3) is 3.08. The van der Waals surface area contributed by atoms with Gasteiger partial charge in [-0.05, 0) is 12.1 Å². The maximum atomic E-state index is 11.0. The Labute approximate surface area is 112 Å². The highest BCUT2D eigenvalue weighted by Gasteiger charge is 2.13. The standard InChI is InChI=1S/C12H8N2O4S/c15-12(16)9-3-1-2-4-10(9)19-11-7-8(14(17)18)5-6-13-11/h1-7H,(H,15,16). The summed E-state index contributed by atoms with van der Waals surface area (Å²) < 4.78 is 0. The van der Waals surface area contributed by atoms with Crippen LogP contribution in [0.1, 0.15) is 10.4 Å². The van der Waals surface area contributed by atoms with Crippen molar-refractivity contribution in [1.82, 2.24) is 4.98 Å². The summed E-state index contributed by atoms with van der Waals surface area (Å²) in [6.07, 6.45) is 1.32. The molecule has 0 bridgehead atoms. The summed E-state index contributed by atoms with van der Waals surface area (Å²) >= 11 is 1.08. The molecule has 0 aliphatic carbocycles. The van der Waals surface area contributed by atoms with Gasteiger partial charge in [0.2, 0.25) is 0 Å². The van der Waals surface area contributed by atoms with E-state index in [1.54, 1.807) is 18.2 Å². The smallest absolute Gasteiger partial charge is 0.336 e. The fourth-order valence-corrected chi connectivity index (χ4v) is 2.34. The van der Waals surface area contributed by atoms with Crippen LogP contribution in [0, 0.1) is 10.1 Å². The number of pyridine rings is 1. The Morgan fingerprint density at radius 3 is 2.74 bits per heavy atom. The average molecular weight is 276 g/mol. The van der Waals surface area contributed by atoms with Crippen LogP contribution >= 0.6 is 11.8 Å². The highest BCUT2D eigenvalue weighted by atomic mass is 32.2. The second-order valence-electron chi connectivity index (χ2n) is 3.51. The summed E-state index contributed by atoms with van der Waals surface area (Å²) in [7, 11) is 0. The van der Waals surface area contributed by atoms with Crippen LogP contribution in [0.15, 0.2) is 52.5 Å². The molecular weight excluding hydrogens is 268 g/mol. The van der Waals surface area contributed by atoms with E-state index >= 15 is 0 Å². The van der Waals surface area contributed by atoms with E-state index in [0.29, 0.717) is 9.92 Å². The molecule has 2 rings (SSSR count). The molecule has 6 nitrogen and oxygen atoms in total. The lowest BCUT2D eigenvalue weighted by molar-refractivity contribution is -0.385. The fraction of sp³-hybridized carbons (Fsp3) is 0. The number of hydrogen-bond donors (Lipinski definition) is 1. The number of aromatic carboxylic acids is 1. The summed E-state index contributed by atoms with van der Waals surface area (Å²) in [6, 6.07) is 9.02. The molecule has 2 aromatic rings. The Kier molecular flexibility index (Phi) is 3.76. The van der Waals surface area contributed by atoms with Crippen molar-refractivity contribution in [3.63, 3.8) is 0 Å². The number of benzene rings is 1. The van der Waals surface area contributed by atoms with Crippen LogP contribution in [0.4, 0.5) is 5.69 Å². The molecule has 0 spiro atoms. The summed E-state index contributed by atoms with van der Waals surface area (Å²) in [6.45, 7) is 0. The Hall–Kier alpha value is -2.41. The van der Waals surface area contributed by atoms with Crippen molar-refractivity contribution in [3.8, 4) is 0 Å². The monoisotopic (exact) mass is 276 g/mol. The molecule has 0 fully saturated rings. The second kappa shape index (κ2) is 5.49. The third-order valence-corrected chi connectivity index (χ3v) is 3.27. The van der Waals surface area contributed by atoms with Gasteiger partial charge in [0.15, 0.2) is 0 Å². The van der Waals surface area contributed by atoms with Gasteiger partial charge < -0.3 is 5.11 Å². The van der Waals surface area contributed by atoms with Gasteiger partial charge in [-0.15, -0.1) is 0 Å². The zero-order valence-corrected chi connectivity index (χ0v) is 10.3. The van der Waals surface area contributed by atoms with Crippen LogP contribution in [0.25, 0.3) is 0 Å². The van der Waals surface area contributed by atoms with Crippen LogP contribution in [-0.4, -0.2) is 21.0 Å². The van der Waals surface area contributed by atoms with Crippen molar-refractivity contribution in [2.75, 3.05) is 0 Å². The fourth-order valence-electron chi connectivity index (χ4n) is 1.41. The lowest BCUT2D eigenvalue weighted by Crippen LogP contribution is -1.98. The highest BCUT2D eigenvalue weighted by molar-refractivity contribution is 7.99. The first-order valence-corrected chi connectivity index (χ1v) is 6.00. The first-order chi connectivity index (χ1) is 9.08. The molecule has 0 saturated carbocycles. The van der Waals surface area contributed by atoms with Gasteiger partial charge in [0.05, 0.1) is 10.5 Å². The van der Waals surface area contributed by atoms with Crippen molar-refractivity contribution >= 4 is 23.4 Å². The van der Waals surface area contributed by atoms with E-state index in [9.17, 15) is 14.9 Å². The van der Waals surface area contributed by atoms with E-state index in [2.05, 4.69) is 4.98 Å². The first-order valence-electron chi connectivity index (χ1n) is 5.18. The number of hydrogen-bond acceptors (Lipinski definition) is 5. The van der Waals surface area contributed by atoms with E-state index < -0.39 is 10.9 Å². The summed E-state index contributed by atoms with van der Waals surface area (Å²) in [5.74, 6) is -1.05. The van der Waals surface area contributed by atoms with Gasteiger partial charge in [-0.25, -0.2) is 9.78 Å². The van der Waals surface area contributed by atoms with Crippen LogP contribution in [0.3, 0.4) is 0 Å². The minimum Gasteiger partial charge on any atom is -0.478 e. The highest BCUT2D eigenvalue weighted by Crippen LogP contribution is 2.30. The quantitative estimate of drug-likeness (QED) is 0.681. The molecular formula is C12H8N2O4S. The molecule has 0 aliphatic heterocycles. The average Bonchev–Trinajstić information content (AvgIpc) is 2.39. The van der Waals surface area contributed by atoms with Crippen molar-refractivity contribution in [2.24, 2.45) is 0 Å². The van der Waals surface area contributed by atoms with Gasteiger partial charge in [0.1, 0.15) is 5.03 Å². The Balaban J connectivity index is 2.34. The van der Waals surface area contributed by atoms with Gasteiger partial charge in [0, 0.05) is 23.2 Å². The van der Waals surface area contributed by atoms with Gasteiger partial charge in [-0.2, -0.15) is 0 Å². The van der Waals surface area contributed by atoms with Gasteiger partial charge in [-0.1, -0.05) is 23.9 Å². The number of carbonyl (C=O) groups is 1. The number of nitrogens with zero attached hydrogens (tertiary/aromatic N) is 2. The third-order valence-electron chi connectivity index (χ3n) is 2.26. The summed E-state index contributed by atoms with van der Waals surface area (Å²) in [5, 5.41) is 20.1. The molecule has 19 heavy (non-hydrogen) atoms. The minimum atomic E-state index is -1.05. The van der Waals surface area contributed by atoms with E-state index in [1.165, 1.54) is 24.4 Å². The van der Waals surface area contributed by atoms with Gasteiger partial charge in [-0.3, -0.25) is 10.1 Å². The molecule has 96 valence electrons. The lowest BCUT2D eigenvalue weighted by Gasteiger charge is -2.04. The molecule has 1 N–H and O–H groups in total. The Morgan fingerprint density at radius 1 is 1.32 bits per heavy atom. The molecule has 0 radical (unpaired) electrons. The topological polar surface area (TPSA) is 93.3 Å². The predicted molar refractivity (Wildman–Crippen MR) is 68.4 cm³/mol. The van der Waals surface area contributed by atoms with Crippen LogP contribution in [-0.2, 0) is 0 Å². The molecule has 0 unspecified atom stereocenters. The first kappa shape index (κ1) is 13.0. The minimum absolute atomic E-state index is 0.0784. The Morgan fingerprint density at radius 2 is 2.05 bits per heavy atom. The number of nitro groups is 1. The van der Waals surface area contributed by atoms with Crippen molar-refractivity contribution < 1.29 is 14.8 Å². The second-order valence-corrected chi connectivity index (χ2v) is 4.57. The SMILES string of the molecule is O=C(O)c1ccccc1Sc1cc([N+](=O)[O-])ccn1. The number of aromatic nitrogens is 1. The van der Waals surface area contributed by atoms with Crippen LogP contribution in [0.2, 0.25) is 0 Å². The van der Waals surface area contributed by atoms with E-state index in [0.717, 1.165) is 11.8 Å². The van der Waals surface area contributed by atoms with Crippen molar-refractivity contribution in [2.45, 2.75) is 9.92 Å². The number of carboxylic acids is 1. The maximum absolute atomic E-state index is 11.0. The van der Waals surface area contributed by atoms with Gasteiger partial charge in [0.25, 0.3) is 5.69 Å². The largest absolute Gasteiger partial charge is 0.478 e. The number of carboxylic acid groups (broad SMARTS) is 1. The molecule has 0 atom stereocenters. The van der Waals surface area contributed by atoms with E-state index in [1.807, 2.05) is 0 Å². The molecule has 0 saturated heterocycles. The van der Waals surface area contributed by atoms with Crippen LogP contribution in [0.5, 0.6) is 0 Å². The lowest BCUT2D eigenvalue weighted by atomic mass is 10.2. The van der Waals surface area contributed by atoms with E-state index in [4.69, 9.17) is 5.11 Å². The molecule has 0 aliphatic rings. The number of rotatable bonds is 4. The van der Waals surface area contributed by atoms with Crippen molar-refractivity contribution in [3.05, 3.63) is 58.3 Å². The molecule has 1 aromatic heterocycles. The zero-order chi connectivity index (χ0) is 13.8. The van der Waals surface area contributed by atoms with E-state index in [-0.39, 0.29) is 11.3 Å². The molecule has 7 heteroatoms. The summed E-state index contributed by atoms with van der Waals surface area (Å²) in [5.41, 5.74) is 0.0612. The van der Waals surface area contributed by atoms with Gasteiger partial charge >= 0.3 is 5.97 Å². The molecule has 0 amide bonds. The zero-order valence-electron chi connectivity index (χ0n) is 9.52.